The normalized spacial score (nSPS) is 19.9. The van der Waals surface area contributed by atoms with Crippen molar-refractivity contribution in [2.45, 2.75) is 11.4 Å². The highest BCUT2D eigenvalue weighted by Crippen LogP contribution is 2.54. The molecule has 0 aromatic heterocycles. The molecule has 0 bridgehead atoms. The Morgan fingerprint density at radius 1 is 1.06 bits per heavy atom. The molecule has 3 aromatic rings. The number of rotatable bonds is 3. The monoisotopic (exact) mass is 452 g/mol. The van der Waals surface area contributed by atoms with Crippen LogP contribution in [-0.4, -0.2) is 29.0 Å². The summed E-state index contributed by atoms with van der Waals surface area (Å²) in [4.78, 5) is 29.4. The summed E-state index contributed by atoms with van der Waals surface area (Å²) in [5.74, 6) is -0.403. The maximum atomic E-state index is 13.9. The lowest BCUT2D eigenvalue weighted by molar-refractivity contribution is -0.123. The smallest absolute Gasteiger partial charge is 0.268 e. The quantitative estimate of drug-likeness (QED) is 0.557. The first-order valence-corrected chi connectivity index (χ1v) is 11.2. The maximum absolute atomic E-state index is 13.9. The van der Waals surface area contributed by atoms with E-state index in [1.165, 1.54) is 30.0 Å². The van der Waals surface area contributed by atoms with Gasteiger partial charge in [-0.05, 0) is 35.9 Å². The number of hydrogen-bond donors (Lipinski definition) is 0. The molecule has 2 aliphatic rings. The third-order valence-corrected chi connectivity index (χ3v) is 7.49. The number of thioether (sulfide) groups is 1. The van der Waals surface area contributed by atoms with Gasteiger partial charge < -0.3 is 9.80 Å². The van der Waals surface area contributed by atoms with Crippen LogP contribution in [0, 0.1) is 5.82 Å². The molecular formula is C24H18ClFN2O2S. The van der Waals surface area contributed by atoms with Crippen LogP contribution >= 0.6 is 23.4 Å². The topological polar surface area (TPSA) is 40.6 Å². The van der Waals surface area contributed by atoms with Gasteiger partial charge in [-0.25, -0.2) is 4.39 Å². The van der Waals surface area contributed by atoms with Gasteiger partial charge in [0.15, 0.2) is 4.87 Å². The molecule has 3 aromatic carbocycles. The van der Waals surface area contributed by atoms with Gasteiger partial charge in [0.05, 0.1) is 12.2 Å². The van der Waals surface area contributed by atoms with E-state index >= 15 is 0 Å². The Hall–Kier alpha value is -2.83. The van der Waals surface area contributed by atoms with Crippen LogP contribution in [0.2, 0.25) is 5.02 Å². The molecule has 4 nitrogen and oxygen atoms in total. The van der Waals surface area contributed by atoms with Crippen molar-refractivity contribution in [3.8, 4) is 0 Å². The van der Waals surface area contributed by atoms with Gasteiger partial charge in [-0.15, -0.1) is 11.8 Å². The van der Waals surface area contributed by atoms with E-state index in [1.807, 2.05) is 42.5 Å². The van der Waals surface area contributed by atoms with Crippen molar-refractivity contribution in [3.63, 3.8) is 0 Å². The fourth-order valence-electron chi connectivity index (χ4n) is 4.30. The predicted octanol–water partition coefficient (Wildman–Crippen LogP) is 5.07. The summed E-state index contributed by atoms with van der Waals surface area (Å²) in [5.41, 5.74) is 2.60. The van der Waals surface area contributed by atoms with Gasteiger partial charge in [0.25, 0.3) is 11.8 Å². The number of fused-ring (bicyclic) bond motifs is 2. The molecule has 156 valence electrons. The SMILES string of the molecule is O=C(c1cccc(F)c1)N1CCS[C@]12C(=O)N(Cc1ccccc1Cl)c1ccccc12. The van der Waals surface area contributed by atoms with Gasteiger partial charge in [0.2, 0.25) is 0 Å². The zero-order chi connectivity index (χ0) is 21.6. The number of amides is 2. The predicted molar refractivity (Wildman–Crippen MR) is 121 cm³/mol. The summed E-state index contributed by atoms with van der Waals surface area (Å²) in [7, 11) is 0. The molecular weight excluding hydrogens is 435 g/mol. The fraction of sp³-hybridized carbons (Fsp3) is 0.167. The maximum Gasteiger partial charge on any atom is 0.268 e. The van der Waals surface area contributed by atoms with Crippen molar-refractivity contribution in [3.05, 3.63) is 100 Å². The van der Waals surface area contributed by atoms with Crippen LogP contribution in [0.1, 0.15) is 21.5 Å². The average Bonchev–Trinajstić information content (AvgIpc) is 3.32. The number of carbonyl (C=O) groups excluding carboxylic acids is 2. The number of para-hydroxylation sites is 1. The van der Waals surface area contributed by atoms with Gasteiger partial charge >= 0.3 is 0 Å². The number of halogens is 2. The van der Waals surface area contributed by atoms with E-state index in [2.05, 4.69) is 0 Å². The van der Waals surface area contributed by atoms with Crippen molar-refractivity contribution >= 4 is 40.9 Å². The third-order valence-electron chi connectivity index (χ3n) is 5.70. The minimum atomic E-state index is -1.17. The van der Waals surface area contributed by atoms with Crippen LogP contribution in [0.4, 0.5) is 10.1 Å². The van der Waals surface area contributed by atoms with Crippen LogP contribution in [0.3, 0.4) is 0 Å². The second kappa shape index (κ2) is 7.70. The summed E-state index contributed by atoms with van der Waals surface area (Å²) in [6.07, 6.45) is 0. The van der Waals surface area contributed by atoms with Crippen LogP contribution in [-0.2, 0) is 16.2 Å². The Morgan fingerprint density at radius 2 is 1.84 bits per heavy atom. The Bertz CT molecular complexity index is 1200. The third kappa shape index (κ3) is 3.13. The molecule has 1 spiro atoms. The summed E-state index contributed by atoms with van der Waals surface area (Å²) >= 11 is 7.80. The molecule has 5 rings (SSSR count). The summed E-state index contributed by atoms with van der Waals surface area (Å²) < 4.78 is 13.8. The van der Waals surface area contributed by atoms with Gasteiger partial charge in [-0.2, -0.15) is 0 Å². The molecule has 0 N–H and O–H groups in total. The van der Waals surface area contributed by atoms with Crippen LogP contribution < -0.4 is 4.90 Å². The van der Waals surface area contributed by atoms with E-state index < -0.39 is 10.7 Å². The lowest BCUT2D eigenvalue weighted by Crippen LogP contribution is -2.50. The van der Waals surface area contributed by atoms with E-state index in [4.69, 9.17) is 11.6 Å². The Kier molecular flexibility index (Phi) is 4.99. The number of benzene rings is 3. The van der Waals surface area contributed by atoms with E-state index in [1.54, 1.807) is 21.9 Å². The van der Waals surface area contributed by atoms with Crippen molar-refractivity contribution in [2.24, 2.45) is 0 Å². The second-order valence-corrected chi connectivity index (χ2v) is 9.15. The van der Waals surface area contributed by atoms with Crippen molar-refractivity contribution in [1.29, 1.82) is 0 Å². The van der Waals surface area contributed by atoms with E-state index in [-0.39, 0.29) is 17.4 Å². The Balaban J connectivity index is 1.59. The Labute approximate surface area is 188 Å². The summed E-state index contributed by atoms with van der Waals surface area (Å²) in [5, 5.41) is 0.584. The molecule has 1 atom stereocenters. The highest BCUT2D eigenvalue weighted by molar-refractivity contribution is 8.01. The highest BCUT2D eigenvalue weighted by Gasteiger charge is 2.59. The van der Waals surface area contributed by atoms with Crippen molar-refractivity contribution < 1.29 is 14.0 Å². The van der Waals surface area contributed by atoms with Crippen molar-refractivity contribution in [1.82, 2.24) is 4.90 Å². The van der Waals surface area contributed by atoms with E-state index in [9.17, 15) is 14.0 Å². The zero-order valence-electron chi connectivity index (χ0n) is 16.4. The van der Waals surface area contributed by atoms with Gasteiger partial charge in [-0.3, -0.25) is 9.59 Å². The zero-order valence-corrected chi connectivity index (χ0v) is 18.0. The van der Waals surface area contributed by atoms with E-state index in [0.717, 1.165) is 16.8 Å². The van der Waals surface area contributed by atoms with Crippen LogP contribution in [0.25, 0.3) is 0 Å². The molecule has 2 heterocycles. The number of anilines is 1. The van der Waals surface area contributed by atoms with Gasteiger partial charge in [0, 0.05) is 28.4 Å². The molecule has 2 amide bonds. The molecule has 7 heteroatoms. The molecule has 31 heavy (non-hydrogen) atoms. The number of nitrogens with zero attached hydrogens (tertiary/aromatic N) is 2. The first kappa shape index (κ1) is 20.1. The molecule has 1 fully saturated rings. The largest absolute Gasteiger partial charge is 0.311 e. The van der Waals surface area contributed by atoms with Gasteiger partial charge in [0.1, 0.15) is 5.82 Å². The number of hydrogen-bond acceptors (Lipinski definition) is 3. The fourth-order valence-corrected chi connectivity index (χ4v) is 5.96. The summed E-state index contributed by atoms with van der Waals surface area (Å²) in [6.45, 7) is 0.708. The van der Waals surface area contributed by atoms with E-state index in [0.29, 0.717) is 23.9 Å². The molecule has 0 saturated carbocycles. The Morgan fingerprint density at radius 3 is 2.65 bits per heavy atom. The first-order chi connectivity index (χ1) is 15.0. The average molecular weight is 453 g/mol. The lowest BCUT2D eigenvalue weighted by atomic mass is 10.0. The highest BCUT2D eigenvalue weighted by atomic mass is 35.5. The molecule has 1 saturated heterocycles. The lowest BCUT2D eigenvalue weighted by Gasteiger charge is -2.33. The standard InChI is InChI=1S/C24H18ClFN2O2S/c25-20-10-3-1-6-17(20)15-27-21-11-4-2-9-19(21)24(23(27)30)28(12-13-31-24)22(29)16-7-5-8-18(26)14-16/h1-11,14H,12-13,15H2/t24-/m1/s1. The first-order valence-electron chi connectivity index (χ1n) is 9.89. The molecule has 0 aliphatic carbocycles. The minimum absolute atomic E-state index is 0.180. The summed E-state index contributed by atoms with van der Waals surface area (Å²) in [6, 6.07) is 20.5. The van der Waals surface area contributed by atoms with Crippen molar-refractivity contribution in [2.75, 3.05) is 17.2 Å². The minimum Gasteiger partial charge on any atom is -0.311 e. The number of carbonyl (C=O) groups is 2. The second-order valence-electron chi connectivity index (χ2n) is 7.46. The van der Waals surface area contributed by atoms with Gasteiger partial charge in [-0.1, -0.05) is 54.1 Å². The van der Waals surface area contributed by atoms with Crippen LogP contribution in [0.5, 0.6) is 0 Å². The molecule has 0 radical (unpaired) electrons. The molecule has 0 unspecified atom stereocenters. The molecule has 2 aliphatic heterocycles. The van der Waals surface area contributed by atoms with Crippen LogP contribution in [0.15, 0.2) is 72.8 Å².